The summed E-state index contributed by atoms with van der Waals surface area (Å²) in [5.74, 6) is 0.736. The van der Waals surface area contributed by atoms with Crippen molar-refractivity contribution in [2.75, 3.05) is 17.7 Å². The topological polar surface area (TPSA) is 112 Å². The fourth-order valence-electron chi connectivity index (χ4n) is 3.46. The zero-order valence-corrected chi connectivity index (χ0v) is 16.1. The van der Waals surface area contributed by atoms with Crippen LogP contribution in [0.3, 0.4) is 0 Å². The van der Waals surface area contributed by atoms with Gasteiger partial charge in [-0.05, 0) is 37.6 Å². The van der Waals surface area contributed by atoms with E-state index in [1.54, 1.807) is 6.20 Å². The number of nitrogens with one attached hydrogen (secondary N) is 2. The van der Waals surface area contributed by atoms with Crippen LogP contribution in [0.2, 0.25) is 0 Å². The largest absolute Gasteiger partial charge is 0.383 e. The van der Waals surface area contributed by atoms with Gasteiger partial charge in [-0.15, -0.1) is 0 Å². The van der Waals surface area contributed by atoms with Gasteiger partial charge >= 0.3 is 0 Å². The maximum Gasteiger partial charge on any atom is 0.227 e. The first kappa shape index (κ1) is 17.6. The SMILES string of the molecule is C[C@@H](c1ccc2[nH]ccc2n1)N(C)c1ncc(-c2cc([C@H]3C[C@@H]3F)[nH]n2)c(N)n1. The highest BCUT2D eigenvalue weighted by Gasteiger charge is 2.40. The molecular weight excluding hydrogens is 371 g/mol. The fraction of sp³-hybridized carbons (Fsp3) is 0.300. The quantitative estimate of drug-likeness (QED) is 0.480. The maximum absolute atomic E-state index is 13.3. The van der Waals surface area contributed by atoms with Crippen LogP contribution in [0.25, 0.3) is 22.3 Å². The second-order valence-corrected chi connectivity index (χ2v) is 7.47. The summed E-state index contributed by atoms with van der Waals surface area (Å²) in [6.45, 7) is 2.04. The van der Waals surface area contributed by atoms with Crippen molar-refractivity contribution in [2.45, 2.75) is 31.5 Å². The molecule has 0 spiro atoms. The van der Waals surface area contributed by atoms with Gasteiger partial charge in [0.1, 0.15) is 12.0 Å². The predicted octanol–water partition coefficient (Wildman–Crippen LogP) is 3.35. The van der Waals surface area contributed by atoms with E-state index in [1.165, 1.54) is 0 Å². The Morgan fingerprint density at radius 3 is 2.86 bits per heavy atom. The summed E-state index contributed by atoms with van der Waals surface area (Å²) in [5.41, 5.74) is 11.1. The van der Waals surface area contributed by atoms with Crippen LogP contribution in [-0.2, 0) is 0 Å². The number of fused-ring (bicyclic) bond motifs is 1. The standard InChI is InChI=1S/C20H21FN8/c1-10(14-3-4-15-16(25-14)5-6-23-15)29(2)20-24-9-12(19(22)26-20)18-8-17(27-28-18)11-7-13(11)21/h3-6,8-11,13,23H,7H2,1-2H3,(H,27,28)(H2,22,24,26)/t10-,11-,13-/m0/s1. The number of alkyl halides is 1. The van der Waals surface area contributed by atoms with Crippen molar-refractivity contribution in [2.24, 2.45) is 0 Å². The van der Waals surface area contributed by atoms with Crippen molar-refractivity contribution in [1.82, 2.24) is 30.1 Å². The zero-order valence-electron chi connectivity index (χ0n) is 16.1. The molecule has 0 aliphatic heterocycles. The van der Waals surface area contributed by atoms with Crippen LogP contribution in [0.15, 0.2) is 36.7 Å². The number of halogens is 1. The number of pyridine rings is 1. The predicted molar refractivity (Wildman–Crippen MR) is 109 cm³/mol. The highest BCUT2D eigenvalue weighted by Crippen LogP contribution is 2.43. The van der Waals surface area contributed by atoms with Gasteiger partial charge in [0.15, 0.2) is 0 Å². The normalized spacial score (nSPS) is 19.4. The number of aromatic amines is 2. The van der Waals surface area contributed by atoms with Crippen LogP contribution >= 0.6 is 0 Å². The Hall–Kier alpha value is -3.49. The number of aromatic nitrogens is 6. The second kappa shape index (κ2) is 6.54. The molecule has 4 aromatic heterocycles. The Morgan fingerprint density at radius 1 is 1.28 bits per heavy atom. The maximum atomic E-state index is 13.3. The number of hydrogen-bond acceptors (Lipinski definition) is 6. The van der Waals surface area contributed by atoms with Crippen molar-refractivity contribution < 1.29 is 4.39 Å². The van der Waals surface area contributed by atoms with Gasteiger partial charge in [-0.2, -0.15) is 10.1 Å². The van der Waals surface area contributed by atoms with Gasteiger partial charge in [-0.25, -0.2) is 14.4 Å². The molecule has 0 unspecified atom stereocenters. The molecular formula is C20H21FN8. The summed E-state index contributed by atoms with van der Waals surface area (Å²) in [6, 6.07) is 7.71. The Balaban J connectivity index is 1.39. The van der Waals surface area contributed by atoms with Gasteiger partial charge in [-0.3, -0.25) is 5.10 Å². The van der Waals surface area contributed by atoms with Crippen LogP contribution in [0.4, 0.5) is 16.2 Å². The molecule has 0 bridgehead atoms. The minimum Gasteiger partial charge on any atom is -0.383 e. The van der Waals surface area contributed by atoms with Crippen LogP contribution in [0.5, 0.6) is 0 Å². The van der Waals surface area contributed by atoms with Crippen molar-refractivity contribution in [3.8, 4) is 11.3 Å². The highest BCUT2D eigenvalue weighted by molar-refractivity contribution is 5.75. The van der Waals surface area contributed by atoms with E-state index in [-0.39, 0.29) is 12.0 Å². The molecule has 0 radical (unpaired) electrons. The molecule has 0 aromatic carbocycles. The third-order valence-electron chi connectivity index (χ3n) is 5.54. The molecule has 0 amide bonds. The van der Waals surface area contributed by atoms with Gasteiger partial charge in [0, 0.05) is 31.1 Å². The molecule has 4 N–H and O–H groups in total. The number of rotatable bonds is 5. The number of nitrogen functional groups attached to an aromatic ring is 1. The molecule has 1 aliphatic carbocycles. The van der Waals surface area contributed by atoms with Crippen LogP contribution in [-0.4, -0.2) is 43.4 Å². The summed E-state index contributed by atoms with van der Waals surface area (Å²) in [7, 11) is 1.91. The van der Waals surface area contributed by atoms with E-state index in [1.807, 2.05) is 49.3 Å². The summed E-state index contributed by atoms with van der Waals surface area (Å²) in [5, 5.41) is 7.14. The lowest BCUT2D eigenvalue weighted by atomic mass is 10.2. The molecule has 148 valence electrons. The van der Waals surface area contributed by atoms with E-state index in [0.29, 0.717) is 29.4 Å². The number of nitrogens with two attached hydrogens (primary N) is 1. The van der Waals surface area contributed by atoms with Gasteiger partial charge < -0.3 is 15.6 Å². The molecule has 1 aliphatic rings. The Morgan fingerprint density at radius 2 is 2.10 bits per heavy atom. The number of nitrogens with zero attached hydrogens (tertiary/aromatic N) is 5. The van der Waals surface area contributed by atoms with E-state index in [0.717, 1.165) is 22.4 Å². The molecule has 0 saturated heterocycles. The van der Waals surface area contributed by atoms with Gasteiger partial charge in [0.25, 0.3) is 0 Å². The van der Waals surface area contributed by atoms with Gasteiger partial charge in [-0.1, -0.05) is 0 Å². The molecule has 4 aromatic rings. The first-order valence-electron chi connectivity index (χ1n) is 9.50. The van der Waals surface area contributed by atoms with Crippen LogP contribution in [0.1, 0.15) is 36.7 Å². The summed E-state index contributed by atoms with van der Waals surface area (Å²) in [6.07, 6.45) is 3.28. The molecule has 29 heavy (non-hydrogen) atoms. The monoisotopic (exact) mass is 392 g/mol. The molecule has 3 atom stereocenters. The molecule has 5 rings (SSSR count). The summed E-state index contributed by atoms with van der Waals surface area (Å²) < 4.78 is 13.3. The van der Waals surface area contributed by atoms with Crippen molar-refractivity contribution >= 4 is 22.8 Å². The lowest BCUT2D eigenvalue weighted by Gasteiger charge is -2.24. The van der Waals surface area contributed by atoms with Crippen molar-refractivity contribution in [3.63, 3.8) is 0 Å². The lowest BCUT2D eigenvalue weighted by Crippen LogP contribution is -2.24. The first-order valence-corrected chi connectivity index (χ1v) is 9.50. The van der Waals surface area contributed by atoms with E-state index in [9.17, 15) is 4.39 Å². The number of H-pyrrole nitrogens is 2. The van der Waals surface area contributed by atoms with Crippen molar-refractivity contribution in [3.05, 3.63) is 48.0 Å². The first-order chi connectivity index (χ1) is 14.0. The highest BCUT2D eigenvalue weighted by atomic mass is 19.1. The van der Waals surface area contributed by atoms with Crippen molar-refractivity contribution in [1.29, 1.82) is 0 Å². The lowest BCUT2D eigenvalue weighted by molar-refractivity contribution is 0.466. The Labute approximate surface area is 166 Å². The average Bonchev–Trinajstić information content (AvgIpc) is 3.13. The van der Waals surface area contributed by atoms with Crippen LogP contribution in [0, 0.1) is 0 Å². The Bertz CT molecular complexity index is 1180. The van der Waals surface area contributed by atoms with Gasteiger partial charge in [0.2, 0.25) is 5.95 Å². The minimum atomic E-state index is -0.784. The third kappa shape index (κ3) is 3.08. The van der Waals surface area contributed by atoms with Crippen LogP contribution < -0.4 is 10.6 Å². The van der Waals surface area contributed by atoms with Gasteiger partial charge in [0.05, 0.1) is 34.0 Å². The third-order valence-corrected chi connectivity index (χ3v) is 5.54. The molecule has 9 heteroatoms. The minimum absolute atomic E-state index is 0.0482. The van der Waals surface area contributed by atoms with E-state index < -0.39 is 6.17 Å². The molecule has 1 fully saturated rings. The molecule has 4 heterocycles. The van der Waals surface area contributed by atoms with E-state index in [4.69, 9.17) is 10.7 Å². The smallest absolute Gasteiger partial charge is 0.227 e. The zero-order chi connectivity index (χ0) is 20.1. The van der Waals surface area contributed by atoms with E-state index in [2.05, 4.69) is 25.1 Å². The average molecular weight is 392 g/mol. The second-order valence-electron chi connectivity index (χ2n) is 7.47. The van der Waals surface area contributed by atoms with E-state index >= 15 is 0 Å². The summed E-state index contributed by atoms with van der Waals surface area (Å²) >= 11 is 0. The number of hydrogen-bond donors (Lipinski definition) is 3. The summed E-state index contributed by atoms with van der Waals surface area (Å²) in [4.78, 5) is 18.7. The Kier molecular flexibility index (Phi) is 3.97. The fourth-order valence-corrected chi connectivity index (χ4v) is 3.46. The molecule has 1 saturated carbocycles. The molecule has 8 nitrogen and oxygen atoms in total. The number of anilines is 2.